The molecule has 1 aliphatic rings. The fraction of sp³-hybridized carbons (Fsp3) is 0.692. The lowest BCUT2D eigenvalue weighted by Crippen LogP contribution is -2.38. The van der Waals surface area contributed by atoms with Crippen molar-refractivity contribution in [1.29, 1.82) is 0 Å². The van der Waals surface area contributed by atoms with Gasteiger partial charge in [-0.05, 0) is 33.2 Å². The molecule has 1 amide bonds. The zero-order chi connectivity index (χ0) is 13.2. The summed E-state index contributed by atoms with van der Waals surface area (Å²) in [6.07, 6.45) is 2.88. The molecule has 0 saturated carbocycles. The van der Waals surface area contributed by atoms with Crippen LogP contribution in [0.4, 0.5) is 5.69 Å². The third-order valence-electron chi connectivity index (χ3n) is 3.82. The summed E-state index contributed by atoms with van der Waals surface area (Å²) < 4.78 is 0. The van der Waals surface area contributed by atoms with E-state index in [2.05, 4.69) is 27.8 Å². The molecule has 0 spiro atoms. The van der Waals surface area contributed by atoms with E-state index < -0.39 is 0 Å². The molecule has 2 heterocycles. The number of nitrogens with one attached hydrogen (secondary N) is 3. The molecular formula is C13H22N4O. The summed E-state index contributed by atoms with van der Waals surface area (Å²) in [5.74, 6) is 0.127. The third-order valence-corrected chi connectivity index (χ3v) is 3.82. The Bertz CT molecular complexity index is 413. The van der Waals surface area contributed by atoms with E-state index in [1.165, 1.54) is 0 Å². The maximum Gasteiger partial charge on any atom is 0.232 e. The van der Waals surface area contributed by atoms with Crippen molar-refractivity contribution in [1.82, 2.24) is 15.5 Å². The normalized spacial score (nSPS) is 23.3. The Balaban J connectivity index is 2.15. The largest absolute Gasteiger partial charge is 0.322 e. The van der Waals surface area contributed by atoms with Gasteiger partial charge in [-0.1, -0.05) is 13.3 Å². The molecular weight excluding hydrogens is 228 g/mol. The van der Waals surface area contributed by atoms with Crippen LogP contribution < -0.4 is 10.6 Å². The van der Waals surface area contributed by atoms with Crippen LogP contribution in [0.15, 0.2) is 0 Å². The lowest BCUT2D eigenvalue weighted by molar-refractivity contribution is -0.125. The predicted molar refractivity (Wildman–Crippen MR) is 71.5 cm³/mol. The van der Waals surface area contributed by atoms with Crippen molar-refractivity contribution in [2.75, 3.05) is 18.4 Å². The number of aryl methyl sites for hydroxylation is 2. The van der Waals surface area contributed by atoms with Crippen molar-refractivity contribution in [2.24, 2.45) is 5.41 Å². The minimum atomic E-state index is -0.245. The highest BCUT2D eigenvalue weighted by Crippen LogP contribution is 2.33. The average molecular weight is 250 g/mol. The van der Waals surface area contributed by atoms with E-state index in [0.717, 1.165) is 49.4 Å². The van der Waals surface area contributed by atoms with Gasteiger partial charge in [0.05, 0.1) is 22.5 Å². The SMILES string of the molecule is CCCC1(C(=O)Nc2c(C)n[nH]c2C)CCNC1. The summed E-state index contributed by atoms with van der Waals surface area (Å²) in [5, 5.41) is 13.4. The molecule has 2 rings (SSSR count). The number of hydrogen-bond donors (Lipinski definition) is 3. The van der Waals surface area contributed by atoms with Crippen LogP contribution in [0.5, 0.6) is 0 Å². The van der Waals surface area contributed by atoms with E-state index in [4.69, 9.17) is 0 Å². The van der Waals surface area contributed by atoms with Crippen LogP contribution in [0.25, 0.3) is 0 Å². The van der Waals surface area contributed by atoms with E-state index in [0.29, 0.717) is 0 Å². The van der Waals surface area contributed by atoms with Gasteiger partial charge in [0, 0.05) is 6.54 Å². The standard InChI is InChI=1S/C13H22N4O/c1-4-5-13(6-7-14-8-13)12(18)15-11-9(2)16-17-10(11)3/h14H,4-8H2,1-3H3,(H,15,18)(H,16,17). The number of nitrogens with zero attached hydrogens (tertiary/aromatic N) is 1. The summed E-state index contributed by atoms with van der Waals surface area (Å²) in [4.78, 5) is 12.5. The number of aromatic amines is 1. The molecule has 5 nitrogen and oxygen atoms in total. The Morgan fingerprint density at radius 2 is 2.28 bits per heavy atom. The van der Waals surface area contributed by atoms with E-state index in [1.807, 2.05) is 13.8 Å². The number of amides is 1. The van der Waals surface area contributed by atoms with Crippen LogP contribution in [0.3, 0.4) is 0 Å². The van der Waals surface area contributed by atoms with Gasteiger partial charge in [-0.15, -0.1) is 0 Å². The molecule has 1 aromatic heterocycles. The first-order valence-electron chi connectivity index (χ1n) is 6.63. The van der Waals surface area contributed by atoms with Crippen molar-refractivity contribution in [2.45, 2.75) is 40.0 Å². The van der Waals surface area contributed by atoms with Gasteiger partial charge < -0.3 is 10.6 Å². The highest BCUT2D eigenvalue weighted by molar-refractivity contribution is 5.96. The van der Waals surface area contributed by atoms with Gasteiger partial charge >= 0.3 is 0 Å². The molecule has 18 heavy (non-hydrogen) atoms. The number of carbonyl (C=O) groups is 1. The van der Waals surface area contributed by atoms with E-state index in [9.17, 15) is 4.79 Å². The maximum atomic E-state index is 12.5. The highest BCUT2D eigenvalue weighted by atomic mass is 16.2. The van der Waals surface area contributed by atoms with Gasteiger partial charge in [-0.25, -0.2) is 0 Å². The molecule has 3 N–H and O–H groups in total. The number of H-pyrrole nitrogens is 1. The van der Waals surface area contributed by atoms with E-state index in [-0.39, 0.29) is 11.3 Å². The van der Waals surface area contributed by atoms with Gasteiger partial charge in [-0.2, -0.15) is 5.10 Å². The Kier molecular flexibility index (Phi) is 3.71. The topological polar surface area (TPSA) is 69.8 Å². The highest BCUT2D eigenvalue weighted by Gasteiger charge is 2.40. The average Bonchev–Trinajstić information content (AvgIpc) is 2.92. The van der Waals surface area contributed by atoms with Crippen molar-refractivity contribution >= 4 is 11.6 Å². The number of anilines is 1. The second kappa shape index (κ2) is 5.10. The Morgan fingerprint density at radius 1 is 1.50 bits per heavy atom. The fourth-order valence-corrected chi connectivity index (χ4v) is 2.72. The molecule has 1 saturated heterocycles. The van der Waals surface area contributed by atoms with Crippen molar-refractivity contribution < 1.29 is 4.79 Å². The number of rotatable bonds is 4. The second-order valence-electron chi connectivity index (χ2n) is 5.22. The Labute approximate surface area is 108 Å². The summed E-state index contributed by atoms with van der Waals surface area (Å²) in [7, 11) is 0. The van der Waals surface area contributed by atoms with Gasteiger partial charge in [-0.3, -0.25) is 9.89 Å². The Hall–Kier alpha value is -1.36. The monoisotopic (exact) mass is 250 g/mol. The summed E-state index contributed by atoms with van der Waals surface area (Å²) in [6, 6.07) is 0. The lowest BCUT2D eigenvalue weighted by atomic mass is 9.81. The van der Waals surface area contributed by atoms with Crippen molar-refractivity contribution in [3.8, 4) is 0 Å². The number of hydrogen-bond acceptors (Lipinski definition) is 3. The van der Waals surface area contributed by atoms with E-state index >= 15 is 0 Å². The predicted octanol–water partition coefficient (Wildman–Crippen LogP) is 1.74. The zero-order valence-electron chi connectivity index (χ0n) is 11.4. The Morgan fingerprint density at radius 3 is 2.78 bits per heavy atom. The molecule has 1 aliphatic heterocycles. The summed E-state index contributed by atoms with van der Waals surface area (Å²) in [6.45, 7) is 7.66. The molecule has 1 fully saturated rings. The molecule has 1 unspecified atom stereocenters. The molecule has 0 bridgehead atoms. The van der Waals surface area contributed by atoms with E-state index in [1.54, 1.807) is 0 Å². The van der Waals surface area contributed by atoms with Crippen LogP contribution in [0.1, 0.15) is 37.6 Å². The van der Waals surface area contributed by atoms with Crippen LogP contribution in [0.2, 0.25) is 0 Å². The second-order valence-corrected chi connectivity index (χ2v) is 5.22. The smallest absolute Gasteiger partial charge is 0.232 e. The van der Waals surface area contributed by atoms with Crippen molar-refractivity contribution in [3.63, 3.8) is 0 Å². The van der Waals surface area contributed by atoms with Crippen LogP contribution in [0, 0.1) is 19.3 Å². The quantitative estimate of drug-likeness (QED) is 0.762. The first-order chi connectivity index (χ1) is 8.59. The maximum absolute atomic E-state index is 12.5. The fourth-order valence-electron chi connectivity index (χ4n) is 2.72. The summed E-state index contributed by atoms with van der Waals surface area (Å²) >= 11 is 0. The van der Waals surface area contributed by atoms with Crippen LogP contribution in [-0.4, -0.2) is 29.2 Å². The van der Waals surface area contributed by atoms with Gasteiger partial charge in [0.25, 0.3) is 0 Å². The molecule has 0 aliphatic carbocycles. The zero-order valence-corrected chi connectivity index (χ0v) is 11.4. The molecule has 1 aromatic rings. The third kappa shape index (κ3) is 2.27. The van der Waals surface area contributed by atoms with Gasteiger partial charge in [0.15, 0.2) is 0 Å². The van der Waals surface area contributed by atoms with Gasteiger partial charge in [0.1, 0.15) is 0 Å². The summed E-state index contributed by atoms with van der Waals surface area (Å²) in [5.41, 5.74) is 2.35. The van der Waals surface area contributed by atoms with Crippen LogP contribution >= 0.6 is 0 Å². The van der Waals surface area contributed by atoms with Gasteiger partial charge in [0.2, 0.25) is 5.91 Å². The van der Waals surface area contributed by atoms with Crippen molar-refractivity contribution in [3.05, 3.63) is 11.4 Å². The molecule has 100 valence electrons. The number of aromatic nitrogens is 2. The lowest BCUT2D eigenvalue weighted by Gasteiger charge is -2.26. The first-order valence-corrected chi connectivity index (χ1v) is 6.63. The molecule has 1 atom stereocenters. The molecule has 5 heteroatoms. The minimum absolute atomic E-state index is 0.127. The first kappa shape index (κ1) is 13.1. The molecule has 0 radical (unpaired) electrons. The van der Waals surface area contributed by atoms with Crippen LogP contribution in [-0.2, 0) is 4.79 Å². The molecule has 0 aromatic carbocycles. The minimum Gasteiger partial charge on any atom is -0.322 e. The number of carbonyl (C=O) groups excluding carboxylic acids is 1.